The van der Waals surface area contributed by atoms with Crippen molar-refractivity contribution in [1.82, 2.24) is 25.3 Å². The predicted molar refractivity (Wildman–Crippen MR) is 94.2 cm³/mol. The number of likely N-dealkylation sites (N-methyl/N-ethyl adjacent to an activating group) is 1. The summed E-state index contributed by atoms with van der Waals surface area (Å²) in [6.45, 7) is 4.13. The fourth-order valence-corrected chi connectivity index (χ4v) is 3.18. The van der Waals surface area contributed by atoms with Crippen molar-refractivity contribution in [2.75, 3.05) is 40.3 Å². The molecule has 0 amide bonds. The molecular weight excluding hydrogens is 304 g/mol. The van der Waals surface area contributed by atoms with Crippen molar-refractivity contribution in [3.8, 4) is 5.75 Å². The van der Waals surface area contributed by atoms with Crippen LogP contribution in [0.2, 0.25) is 0 Å². The number of aliphatic imine (C=N–C) groups is 1. The Kier molecular flexibility index (Phi) is 3.86. The summed E-state index contributed by atoms with van der Waals surface area (Å²) in [4.78, 5) is 9.20. The highest BCUT2D eigenvalue weighted by atomic mass is 16.5. The third-order valence-corrected chi connectivity index (χ3v) is 4.69. The van der Waals surface area contributed by atoms with Crippen LogP contribution in [0.1, 0.15) is 11.7 Å². The average molecular weight is 326 g/mol. The van der Waals surface area contributed by atoms with Gasteiger partial charge in [-0.25, -0.2) is 4.99 Å². The molecule has 7 heteroatoms. The van der Waals surface area contributed by atoms with Gasteiger partial charge < -0.3 is 19.9 Å². The van der Waals surface area contributed by atoms with Crippen molar-refractivity contribution >= 4 is 17.2 Å². The van der Waals surface area contributed by atoms with Crippen LogP contribution in [0.3, 0.4) is 0 Å². The molecule has 1 aromatic heterocycles. The van der Waals surface area contributed by atoms with Crippen molar-refractivity contribution in [3.63, 3.8) is 0 Å². The Morgan fingerprint density at radius 2 is 2.04 bits per heavy atom. The van der Waals surface area contributed by atoms with E-state index in [1.807, 2.05) is 18.2 Å². The van der Waals surface area contributed by atoms with Crippen LogP contribution in [0.5, 0.6) is 5.75 Å². The number of rotatable bonds is 3. The molecule has 4 rings (SSSR count). The monoisotopic (exact) mass is 326 g/mol. The molecule has 0 aliphatic carbocycles. The third kappa shape index (κ3) is 2.71. The molecule has 3 heterocycles. The van der Waals surface area contributed by atoms with Gasteiger partial charge in [0.15, 0.2) is 0 Å². The molecule has 2 aliphatic rings. The summed E-state index contributed by atoms with van der Waals surface area (Å²) in [6, 6.07) is 5.95. The molecule has 2 aliphatic heterocycles. The first-order valence-electron chi connectivity index (χ1n) is 8.20. The maximum Gasteiger partial charge on any atom is 0.128 e. The van der Waals surface area contributed by atoms with Gasteiger partial charge in [-0.15, -0.1) is 0 Å². The molecule has 1 unspecified atom stereocenters. The lowest BCUT2D eigenvalue weighted by atomic mass is 10.1. The number of nitrogens with zero attached hydrogens (tertiary/aromatic N) is 4. The topological polar surface area (TPSA) is 68.8 Å². The summed E-state index contributed by atoms with van der Waals surface area (Å²) in [5.41, 5.74) is 1.96. The third-order valence-electron chi connectivity index (χ3n) is 4.69. The summed E-state index contributed by atoms with van der Waals surface area (Å²) in [7, 11) is 3.83. The smallest absolute Gasteiger partial charge is 0.128 e. The van der Waals surface area contributed by atoms with Crippen molar-refractivity contribution < 1.29 is 4.74 Å². The van der Waals surface area contributed by atoms with Crippen LogP contribution in [0.4, 0.5) is 0 Å². The minimum absolute atomic E-state index is 0.00184. The van der Waals surface area contributed by atoms with E-state index < -0.39 is 0 Å². The number of hydrogen-bond donors (Lipinski definition) is 2. The van der Waals surface area contributed by atoms with Gasteiger partial charge in [-0.1, -0.05) is 0 Å². The van der Waals surface area contributed by atoms with E-state index in [9.17, 15) is 0 Å². The van der Waals surface area contributed by atoms with E-state index in [1.165, 1.54) is 0 Å². The number of methoxy groups -OCH3 is 1. The lowest BCUT2D eigenvalue weighted by molar-refractivity contribution is 0.184. The molecule has 1 atom stereocenters. The minimum atomic E-state index is -0.00184. The van der Waals surface area contributed by atoms with Gasteiger partial charge in [0.05, 0.1) is 30.7 Å². The Hall–Kier alpha value is -2.54. The first kappa shape index (κ1) is 15.0. The van der Waals surface area contributed by atoms with Gasteiger partial charge in [0, 0.05) is 31.6 Å². The predicted octanol–water partition coefficient (Wildman–Crippen LogP) is 1.33. The Bertz CT molecular complexity index is 787. The number of fused-ring (bicyclic) bond motifs is 1. The normalized spacial score (nSPS) is 21.7. The molecule has 2 N–H and O–H groups in total. The summed E-state index contributed by atoms with van der Waals surface area (Å²) < 4.78 is 5.34. The zero-order valence-electron chi connectivity index (χ0n) is 14.0. The Morgan fingerprint density at radius 3 is 2.83 bits per heavy atom. The van der Waals surface area contributed by atoms with Gasteiger partial charge >= 0.3 is 0 Å². The first-order chi connectivity index (χ1) is 11.7. The molecule has 126 valence electrons. The largest absolute Gasteiger partial charge is 0.497 e. The second-order valence-electron chi connectivity index (χ2n) is 6.24. The van der Waals surface area contributed by atoms with Crippen molar-refractivity contribution in [1.29, 1.82) is 0 Å². The zero-order chi connectivity index (χ0) is 16.5. The van der Waals surface area contributed by atoms with E-state index in [2.05, 4.69) is 43.4 Å². The summed E-state index contributed by atoms with van der Waals surface area (Å²) in [5.74, 6) is 1.85. The highest BCUT2D eigenvalue weighted by molar-refractivity contribution is 5.84. The zero-order valence-corrected chi connectivity index (χ0v) is 14.0. The molecule has 1 saturated heterocycles. The molecule has 0 bridgehead atoms. The lowest BCUT2D eigenvalue weighted by Crippen LogP contribution is -2.44. The number of hydrogen-bond acceptors (Lipinski definition) is 6. The fraction of sp³-hybridized carbons (Fsp3) is 0.412. The lowest BCUT2D eigenvalue weighted by Gasteiger charge is -2.35. The van der Waals surface area contributed by atoms with Gasteiger partial charge in [0.2, 0.25) is 0 Å². The van der Waals surface area contributed by atoms with Crippen molar-refractivity contribution in [2.45, 2.75) is 6.04 Å². The number of H-pyrrole nitrogens is 1. The van der Waals surface area contributed by atoms with Gasteiger partial charge in [0.1, 0.15) is 11.6 Å². The second kappa shape index (κ2) is 6.16. The van der Waals surface area contributed by atoms with Crippen molar-refractivity contribution in [2.24, 2.45) is 4.99 Å². The van der Waals surface area contributed by atoms with Crippen LogP contribution in [0.15, 0.2) is 35.1 Å². The SMILES string of the molecule is COc1ccc2[nH]nc(C3C=C(N4CCN(C)CC4)N=CN3)c2c1. The average Bonchev–Trinajstić information content (AvgIpc) is 3.05. The number of aromatic amines is 1. The van der Waals surface area contributed by atoms with Crippen LogP contribution in [0, 0.1) is 0 Å². The fourth-order valence-electron chi connectivity index (χ4n) is 3.18. The number of nitrogens with one attached hydrogen (secondary N) is 2. The van der Waals surface area contributed by atoms with Crippen LogP contribution in [-0.4, -0.2) is 66.7 Å². The molecule has 0 spiro atoms. The summed E-state index contributed by atoms with van der Waals surface area (Å²) >= 11 is 0. The van der Waals surface area contributed by atoms with E-state index >= 15 is 0 Å². The molecule has 2 aromatic rings. The van der Waals surface area contributed by atoms with E-state index in [-0.39, 0.29) is 6.04 Å². The molecule has 1 fully saturated rings. The van der Waals surface area contributed by atoms with E-state index in [0.29, 0.717) is 0 Å². The highest BCUT2D eigenvalue weighted by Crippen LogP contribution is 2.28. The van der Waals surface area contributed by atoms with E-state index in [1.54, 1.807) is 13.4 Å². The second-order valence-corrected chi connectivity index (χ2v) is 6.24. The van der Waals surface area contributed by atoms with E-state index in [0.717, 1.165) is 54.3 Å². The van der Waals surface area contributed by atoms with Crippen LogP contribution in [0.25, 0.3) is 10.9 Å². The van der Waals surface area contributed by atoms with E-state index in [4.69, 9.17) is 4.74 Å². The first-order valence-corrected chi connectivity index (χ1v) is 8.20. The van der Waals surface area contributed by atoms with Gasteiger partial charge in [0.25, 0.3) is 0 Å². The van der Waals surface area contributed by atoms with Gasteiger partial charge in [-0.3, -0.25) is 5.10 Å². The summed E-state index contributed by atoms with van der Waals surface area (Å²) in [5, 5.41) is 12.0. The van der Waals surface area contributed by atoms with Crippen LogP contribution < -0.4 is 10.1 Å². The highest BCUT2D eigenvalue weighted by Gasteiger charge is 2.22. The maximum absolute atomic E-state index is 5.34. The Labute approximate surface area is 141 Å². The molecule has 24 heavy (non-hydrogen) atoms. The number of aromatic nitrogens is 2. The maximum atomic E-state index is 5.34. The Balaban J connectivity index is 1.63. The van der Waals surface area contributed by atoms with Gasteiger partial charge in [-0.2, -0.15) is 5.10 Å². The van der Waals surface area contributed by atoms with Crippen LogP contribution >= 0.6 is 0 Å². The number of benzene rings is 1. The summed E-state index contributed by atoms with van der Waals surface area (Å²) in [6.07, 6.45) is 3.93. The molecule has 0 saturated carbocycles. The van der Waals surface area contributed by atoms with Gasteiger partial charge in [-0.05, 0) is 31.3 Å². The molecule has 0 radical (unpaired) electrons. The number of ether oxygens (including phenoxy) is 1. The van der Waals surface area contributed by atoms with Crippen molar-refractivity contribution in [3.05, 3.63) is 35.8 Å². The quantitative estimate of drug-likeness (QED) is 0.891. The molecule has 7 nitrogen and oxygen atoms in total. The molecular formula is C17H22N6O. The standard InChI is InChI=1S/C17H22N6O/c1-22-5-7-23(8-6-22)16-10-15(18-11-19-16)17-13-9-12(24-2)3-4-14(13)20-21-17/h3-4,9-11,15H,5-8H2,1-2H3,(H,18,19)(H,20,21). The van der Waals surface area contributed by atoms with Crippen LogP contribution in [-0.2, 0) is 0 Å². The Morgan fingerprint density at radius 1 is 1.21 bits per heavy atom. The number of piperazine rings is 1. The molecule has 1 aromatic carbocycles. The minimum Gasteiger partial charge on any atom is -0.497 e.